The lowest BCUT2D eigenvalue weighted by molar-refractivity contribution is 1.15. The number of nitrogens with one attached hydrogen (secondary N) is 1. The second-order valence-corrected chi connectivity index (χ2v) is 2.38. The number of anilines is 2. The van der Waals surface area contributed by atoms with Crippen LogP contribution in [-0.4, -0.2) is 19.9 Å². The summed E-state index contributed by atoms with van der Waals surface area (Å²) < 4.78 is 0. The lowest BCUT2D eigenvalue weighted by Crippen LogP contribution is -1.92. The molecule has 5 heteroatoms. The first-order valence-corrected chi connectivity index (χ1v) is 3.72. The van der Waals surface area contributed by atoms with E-state index in [2.05, 4.69) is 25.3 Å². The van der Waals surface area contributed by atoms with Gasteiger partial charge < -0.3 is 5.32 Å². The molecule has 0 aliphatic heterocycles. The van der Waals surface area contributed by atoms with E-state index in [0.717, 1.165) is 11.4 Å². The molecule has 2 rings (SSSR count). The molecule has 0 bridgehead atoms. The zero-order valence-corrected chi connectivity index (χ0v) is 6.75. The molecule has 64 valence electrons. The van der Waals surface area contributed by atoms with Crippen LogP contribution in [0.25, 0.3) is 0 Å². The van der Waals surface area contributed by atoms with Crippen molar-refractivity contribution >= 4 is 11.4 Å². The van der Waals surface area contributed by atoms with Crippen LogP contribution < -0.4 is 5.32 Å². The van der Waals surface area contributed by atoms with Gasteiger partial charge in [-0.2, -0.15) is 0 Å². The maximum Gasteiger partial charge on any atom is 0.115 e. The topological polar surface area (TPSA) is 63.6 Å². The largest absolute Gasteiger partial charge is 0.350 e. The molecule has 2 aromatic rings. The van der Waals surface area contributed by atoms with Crippen molar-refractivity contribution in [2.75, 3.05) is 5.32 Å². The van der Waals surface area contributed by atoms with Crippen molar-refractivity contribution in [1.29, 1.82) is 0 Å². The fourth-order valence-corrected chi connectivity index (χ4v) is 0.894. The van der Waals surface area contributed by atoms with Gasteiger partial charge in [0, 0.05) is 0 Å². The third kappa shape index (κ3) is 1.96. The van der Waals surface area contributed by atoms with E-state index < -0.39 is 0 Å². The van der Waals surface area contributed by atoms with Gasteiger partial charge in [0.1, 0.15) is 12.7 Å². The monoisotopic (exact) mass is 173 g/mol. The molecule has 0 fully saturated rings. The van der Waals surface area contributed by atoms with Gasteiger partial charge in [-0.15, -0.1) is 0 Å². The minimum Gasteiger partial charge on any atom is -0.350 e. The van der Waals surface area contributed by atoms with Gasteiger partial charge >= 0.3 is 0 Å². The van der Waals surface area contributed by atoms with Crippen molar-refractivity contribution in [1.82, 2.24) is 19.9 Å². The Morgan fingerprint density at radius 3 is 1.46 bits per heavy atom. The number of hydrogen-bond acceptors (Lipinski definition) is 5. The van der Waals surface area contributed by atoms with Crippen LogP contribution in [0.15, 0.2) is 37.4 Å². The molecular formula is C8H7N5. The fraction of sp³-hybridized carbons (Fsp3) is 0. The zero-order chi connectivity index (χ0) is 8.93. The molecule has 0 saturated carbocycles. The van der Waals surface area contributed by atoms with Gasteiger partial charge in [-0.1, -0.05) is 0 Å². The molecule has 1 N–H and O–H groups in total. The summed E-state index contributed by atoms with van der Waals surface area (Å²) in [6.07, 6.45) is 9.68. The number of hydrogen-bond donors (Lipinski definition) is 1. The first kappa shape index (κ1) is 7.60. The van der Waals surface area contributed by atoms with Crippen molar-refractivity contribution in [3.8, 4) is 0 Å². The van der Waals surface area contributed by atoms with Gasteiger partial charge in [0.15, 0.2) is 0 Å². The second-order valence-electron chi connectivity index (χ2n) is 2.38. The van der Waals surface area contributed by atoms with Gasteiger partial charge in [-0.3, -0.25) is 0 Å². The maximum atomic E-state index is 3.87. The van der Waals surface area contributed by atoms with Gasteiger partial charge in [-0.25, -0.2) is 19.9 Å². The van der Waals surface area contributed by atoms with Crippen molar-refractivity contribution in [2.24, 2.45) is 0 Å². The SMILES string of the molecule is c1ncc(Nc2cncnc2)cn1. The van der Waals surface area contributed by atoms with Gasteiger partial charge in [0.2, 0.25) is 0 Å². The fourth-order valence-electron chi connectivity index (χ4n) is 0.894. The molecule has 0 aromatic carbocycles. The molecule has 0 spiro atoms. The average molecular weight is 173 g/mol. The second kappa shape index (κ2) is 3.57. The number of aromatic nitrogens is 4. The van der Waals surface area contributed by atoms with E-state index >= 15 is 0 Å². The van der Waals surface area contributed by atoms with Crippen LogP contribution in [0.4, 0.5) is 11.4 Å². The summed E-state index contributed by atoms with van der Waals surface area (Å²) in [5.74, 6) is 0. The van der Waals surface area contributed by atoms with Gasteiger partial charge in [0.05, 0.1) is 36.2 Å². The minimum absolute atomic E-state index is 0.817. The molecule has 0 atom stereocenters. The Balaban J connectivity index is 2.16. The predicted molar refractivity (Wildman–Crippen MR) is 47.3 cm³/mol. The van der Waals surface area contributed by atoms with Crippen molar-refractivity contribution in [2.45, 2.75) is 0 Å². The van der Waals surface area contributed by atoms with Crippen molar-refractivity contribution < 1.29 is 0 Å². The summed E-state index contributed by atoms with van der Waals surface area (Å²) in [5.41, 5.74) is 1.63. The van der Waals surface area contributed by atoms with Crippen LogP contribution in [-0.2, 0) is 0 Å². The molecule has 5 nitrogen and oxygen atoms in total. The van der Waals surface area contributed by atoms with Crippen LogP contribution >= 0.6 is 0 Å². The van der Waals surface area contributed by atoms with Crippen LogP contribution in [0.1, 0.15) is 0 Å². The van der Waals surface area contributed by atoms with Crippen LogP contribution in [0.5, 0.6) is 0 Å². The van der Waals surface area contributed by atoms with Crippen LogP contribution in [0.3, 0.4) is 0 Å². The quantitative estimate of drug-likeness (QED) is 0.734. The van der Waals surface area contributed by atoms with E-state index in [1.54, 1.807) is 24.8 Å². The van der Waals surface area contributed by atoms with E-state index in [9.17, 15) is 0 Å². The number of nitrogens with zero attached hydrogens (tertiary/aromatic N) is 4. The molecule has 13 heavy (non-hydrogen) atoms. The lowest BCUT2D eigenvalue weighted by atomic mass is 10.4. The molecule has 0 amide bonds. The summed E-state index contributed by atoms with van der Waals surface area (Å²) >= 11 is 0. The highest BCUT2D eigenvalue weighted by Crippen LogP contribution is 2.10. The molecule has 0 aliphatic carbocycles. The van der Waals surface area contributed by atoms with E-state index in [4.69, 9.17) is 0 Å². The Labute approximate surface area is 74.9 Å². The first-order valence-electron chi connectivity index (χ1n) is 3.72. The van der Waals surface area contributed by atoms with Crippen molar-refractivity contribution in [3.63, 3.8) is 0 Å². The summed E-state index contributed by atoms with van der Waals surface area (Å²) in [7, 11) is 0. The van der Waals surface area contributed by atoms with Crippen LogP contribution in [0, 0.1) is 0 Å². The van der Waals surface area contributed by atoms with Gasteiger partial charge in [0.25, 0.3) is 0 Å². The standard InChI is InChI=1S/C8H7N5/c1-7(2-10-5-9-1)13-8-3-11-6-12-4-8/h1-6,13H. The Bertz CT molecular complexity index is 323. The Hall–Kier alpha value is -2.04. The summed E-state index contributed by atoms with van der Waals surface area (Å²) in [4.78, 5) is 15.5. The van der Waals surface area contributed by atoms with E-state index in [1.165, 1.54) is 12.7 Å². The molecular weight excluding hydrogens is 166 g/mol. The Kier molecular flexibility index (Phi) is 2.09. The van der Waals surface area contributed by atoms with Crippen molar-refractivity contribution in [3.05, 3.63) is 37.4 Å². The predicted octanol–water partition coefficient (Wildman–Crippen LogP) is 1.01. The third-order valence-electron chi connectivity index (χ3n) is 1.41. The summed E-state index contributed by atoms with van der Waals surface area (Å²) in [5, 5.41) is 3.05. The molecule has 0 unspecified atom stereocenters. The number of rotatable bonds is 2. The van der Waals surface area contributed by atoms with E-state index in [-0.39, 0.29) is 0 Å². The molecule has 0 aliphatic rings. The van der Waals surface area contributed by atoms with E-state index in [1.807, 2.05) is 0 Å². The molecule has 2 aromatic heterocycles. The molecule has 0 radical (unpaired) electrons. The highest BCUT2D eigenvalue weighted by atomic mass is 15.0. The first-order chi connectivity index (χ1) is 6.45. The highest BCUT2D eigenvalue weighted by molar-refractivity contribution is 5.54. The van der Waals surface area contributed by atoms with E-state index in [0.29, 0.717) is 0 Å². The smallest absolute Gasteiger partial charge is 0.115 e. The average Bonchev–Trinajstić information content (AvgIpc) is 2.21. The minimum atomic E-state index is 0.817. The Morgan fingerprint density at radius 2 is 1.08 bits per heavy atom. The normalized spacial score (nSPS) is 9.54. The maximum absolute atomic E-state index is 3.87. The third-order valence-corrected chi connectivity index (χ3v) is 1.41. The summed E-state index contributed by atoms with van der Waals surface area (Å²) in [6.45, 7) is 0. The zero-order valence-electron chi connectivity index (χ0n) is 6.75. The highest BCUT2D eigenvalue weighted by Gasteiger charge is 1.92. The molecule has 2 heterocycles. The van der Waals surface area contributed by atoms with Crippen LogP contribution in [0.2, 0.25) is 0 Å². The molecule has 0 saturated heterocycles. The Morgan fingerprint density at radius 1 is 0.692 bits per heavy atom. The van der Waals surface area contributed by atoms with Gasteiger partial charge in [-0.05, 0) is 0 Å². The summed E-state index contributed by atoms with van der Waals surface area (Å²) in [6, 6.07) is 0. The lowest BCUT2D eigenvalue weighted by Gasteiger charge is -2.02.